The Kier molecular flexibility index (Phi) is 56.6. The minimum atomic E-state index is 0. The highest BCUT2D eigenvalue weighted by atomic mass is 16.5. The second kappa shape index (κ2) is 45.8. The molecule has 0 saturated carbocycles. The van der Waals surface area contributed by atoms with E-state index < -0.39 is 0 Å². The van der Waals surface area contributed by atoms with Crippen molar-refractivity contribution in [1.29, 1.82) is 0 Å². The lowest BCUT2D eigenvalue weighted by atomic mass is 10.1. The molecule has 0 unspecified atom stereocenters. The maximum atomic E-state index is 5.37. The highest BCUT2D eigenvalue weighted by Gasteiger charge is 1.94. The Morgan fingerprint density at radius 1 is 0.300 bits per heavy atom. The van der Waals surface area contributed by atoms with Gasteiger partial charge in [-0.1, -0.05) is 90.5 Å². The fourth-order valence-electron chi connectivity index (χ4n) is 2.48. The molecule has 0 spiro atoms. The quantitative estimate of drug-likeness (QED) is 0.112. The zero-order valence-electron chi connectivity index (χ0n) is 29.1. The molecule has 0 bridgehead atoms. The van der Waals surface area contributed by atoms with E-state index in [0.717, 1.165) is 122 Å². The van der Waals surface area contributed by atoms with Gasteiger partial charge in [0.2, 0.25) is 0 Å². The summed E-state index contributed by atoms with van der Waals surface area (Å²) < 4.78 is 26.5. The lowest BCUT2D eigenvalue weighted by Crippen LogP contribution is -2.06. The van der Waals surface area contributed by atoms with E-state index >= 15 is 0 Å². The summed E-state index contributed by atoms with van der Waals surface area (Å²) in [7, 11) is 0. The Labute approximate surface area is 255 Å². The third kappa shape index (κ3) is 71.3. The Bertz CT molecular complexity index is 335. The second-order valence-electron chi connectivity index (χ2n) is 11.8. The highest BCUT2D eigenvalue weighted by Crippen LogP contribution is 2.00. The lowest BCUT2D eigenvalue weighted by molar-refractivity contribution is 0.0442. The largest absolute Gasteiger partial charge is 0.381 e. The zero-order chi connectivity index (χ0) is 30.6. The Morgan fingerprint density at radius 2 is 0.475 bits per heavy atom. The Hall–Kier alpha value is -0.200. The second-order valence-corrected chi connectivity index (χ2v) is 11.8. The van der Waals surface area contributed by atoms with Crippen molar-refractivity contribution in [2.75, 3.05) is 66.1 Å². The predicted molar refractivity (Wildman–Crippen MR) is 180 cm³/mol. The highest BCUT2D eigenvalue weighted by molar-refractivity contribution is 4.44. The van der Waals surface area contributed by atoms with Crippen LogP contribution in [-0.4, -0.2) is 66.1 Å². The van der Waals surface area contributed by atoms with Crippen LogP contribution >= 0.6 is 0 Å². The topological polar surface area (TPSA) is 46.2 Å². The molecule has 40 heavy (non-hydrogen) atoms. The zero-order valence-corrected chi connectivity index (χ0v) is 29.1. The molecule has 0 aromatic carbocycles. The number of rotatable bonds is 23. The van der Waals surface area contributed by atoms with Crippen LogP contribution in [0.4, 0.5) is 0 Å². The number of hydrogen-bond acceptors (Lipinski definition) is 5. The molecule has 250 valence electrons. The van der Waals surface area contributed by atoms with Crippen molar-refractivity contribution < 1.29 is 23.7 Å². The van der Waals surface area contributed by atoms with Crippen molar-refractivity contribution >= 4 is 0 Å². The number of ether oxygens (including phenoxy) is 5. The van der Waals surface area contributed by atoms with Crippen molar-refractivity contribution in [3.05, 3.63) is 0 Å². The average Bonchev–Trinajstić information content (AvgIpc) is 2.87. The van der Waals surface area contributed by atoms with Gasteiger partial charge < -0.3 is 23.7 Å². The molecule has 0 saturated heterocycles. The van der Waals surface area contributed by atoms with E-state index in [1.807, 2.05) is 0 Å². The fraction of sp³-hybridized carbons (Fsp3) is 1.00. The van der Waals surface area contributed by atoms with Crippen LogP contribution in [0.15, 0.2) is 0 Å². The molecular formula is C35H80O5. The van der Waals surface area contributed by atoms with E-state index in [4.69, 9.17) is 23.7 Å². The Morgan fingerprint density at radius 3 is 0.650 bits per heavy atom. The maximum absolute atomic E-state index is 5.37. The average molecular weight is 581 g/mol. The van der Waals surface area contributed by atoms with Crippen molar-refractivity contribution in [3.8, 4) is 0 Å². The molecule has 0 heterocycles. The van der Waals surface area contributed by atoms with Crippen LogP contribution in [-0.2, 0) is 23.7 Å². The third-order valence-electron chi connectivity index (χ3n) is 5.12. The maximum Gasteiger partial charge on any atom is 0.0700 e. The Balaban J connectivity index is -0.000000136. The van der Waals surface area contributed by atoms with Gasteiger partial charge in [0, 0.05) is 52.9 Å². The fourth-order valence-corrected chi connectivity index (χ4v) is 2.48. The van der Waals surface area contributed by atoms with Crippen molar-refractivity contribution in [2.24, 2.45) is 23.7 Å². The number of hydrogen-bond donors (Lipinski definition) is 0. The summed E-state index contributed by atoms with van der Waals surface area (Å²) in [6.45, 7) is 35.0. The molecule has 0 aliphatic carbocycles. The lowest BCUT2D eigenvalue weighted by Gasteiger charge is -2.06. The normalized spacial score (nSPS) is 10.5. The predicted octanol–water partition coefficient (Wildman–Crippen LogP) is 10.5. The minimum Gasteiger partial charge on any atom is -0.381 e. The van der Waals surface area contributed by atoms with Gasteiger partial charge in [-0.15, -0.1) is 0 Å². The van der Waals surface area contributed by atoms with Crippen LogP contribution in [0.3, 0.4) is 0 Å². The summed E-state index contributed by atoms with van der Waals surface area (Å²) in [6, 6.07) is 0. The SMILES string of the molecule is C.CCCOCCC(C)C.CCCOCCC(C)C.CCCOCCC(C)C.CCCOCCOCCC(C)C. The van der Waals surface area contributed by atoms with Crippen LogP contribution in [0.5, 0.6) is 0 Å². The molecule has 5 heteroatoms. The summed E-state index contributed by atoms with van der Waals surface area (Å²) >= 11 is 0. The van der Waals surface area contributed by atoms with E-state index in [1.54, 1.807) is 0 Å². The molecule has 0 amide bonds. The van der Waals surface area contributed by atoms with Crippen LogP contribution in [0.2, 0.25) is 0 Å². The first-order chi connectivity index (χ1) is 18.6. The van der Waals surface area contributed by atoms with Crippen LogP contribution < -0.4 is 0 Å². The van der Waals surface area contributed by atoms with Gasteiger partial charge in [-0.2, -0.15) is 0 Å². The molecule has 0 aromatic rings. The summed E-state index contributed by atoms with van der Waals surface area (Å²) in [4.78, 5) is 0. The van der Waals surface area contributed by atoms with E-state index in [0.29, 0.717) is 0 Å². The smallest absolute Gasteiger partial charge is 0.0700 e. The van der Waals surface area contributed by atoms with Gasteiger partial charge in [0.25, 0.3) is 0 Å². The van der Waals surface area contributed by atoms with Crippen molar-refractivity contribution in [3.63, 3.8) is 0 Å². The standard InChI is InChI=1S/C10H22O2.3C8H18O.CH4/c1-4-6-11-8-9-12-7-5-10(2)3;3*1-4-6-9-7-5-8(2)3;/h10H,4-9H2,1-3H3;3*8H,4-7H2,1-3H3;1H4. The van der Waals surface area contributed by atoms with Gasteiger partial charge >= 0.3 is 0 Å². The molecule has 0 radical (unpaired) electrons. The van der Waals surface area contributed by atoms with Gasteiger partial charge in [0.15, 0.2) is 0 Å². The van der Waals surface area contributed by atoms with Crippen LogP contribution in [0.25, 0.3) is 0 Å². The molecule has 0 atom stereocenters. The van der Waals surface area contributed by atoms with E-state index in [-0.39, 0.29) is 7.43 Å². The molecule has 0 fully saturated rings. The summed E-state index contributed by atoms with van der Waals surface area (Å²) in [5, 5.41) is 0. The molecule has 0 N–H and O–H groups in total. The van der Waals surface area contributed by atoms with Crippen LogP contribution in [0, 0.1) is 23.7 Å². The summed E-state index contributed by atoms with van der Waals surface area (Å²) in [5.41, 5.74) is 0. The molecule has 0 aliphatic rings. The monoisotopic (exact) mass is 581 g/mol. The molecule has 5 nitrogen and oxygen atoms in total. The first-order valence-electron chi connectivity index (χ1n) is 16.5. The van der Waals surface area contributed by atoms with Gasteiger partial charge in [-0.3, -0.25) is 0 Å². The first kappa shape index (κ1) is 49.5. The first-order valence-corrected chi connectivity index (χ1v) is 16.5. The van der Waals surface area contributed by atoms with Gasteiger partial charge in [0.1, 0.15) is 0 Å². The van der Waals surface area contributed by atoms with Crippen molar-refractivity contribution in [1.82, 2.24) is 0 Å². The van der Waals surface area contributed by atoms with Crippen molar-refractivity contribution in [2.45, 2.75) is 142 Å². The van der Waals surface area contributed by atoms with Gasteiger partial charge in [-0.25, -0.2) is 0 Å². The molecule has 0 aromatic heterocycles. The van der Waals surface area contributed by atoms with E-state index in [2.05, 4.69) is 83.1 Å². The molecule has 0 aliphatic heterocycles. The summed E-state index contributed by atoms with van der Waals surface area (Å²) in [6.07, 6.45) is 9.23. The third-order valence-corrected chi connectivity index (χ3v) is 5.12. The molecule has 0 rings (SSSR count). The van der Waals surface area contributed by atoms with Gasteiger partial charge in [-0.05, 0) is 75.0 Å². The minimum absolute atomic E-state index is 0. The van der Waals surface area contributed by atoms with E-state index in [1.165, 1.54) is 19.3 Å². The summed E-state index contributed by atoms with van der Waals surface area (Å²) in [5.74, 6) is 3.08. The molecular weight excluding hydrogens is 500 g/mol. The van der Waals surface area contributed by atoms with Gasteiger partial charge in [0.05, 0.1) is 13.2 Å². The van der Waals surface area contributed by atoms with E-state index in [9.17, 15) is 0 Å². The van der Waals surface area contributed by atoms with Crippen LogP contribution in [0.1, 0.15) is 142 Å².